The van der Waals surface area contributed by atoms with Crippen LogP contribution in [0.15, 0.2) is 24.3 Å². The third-order valence-electron chi connectivity index (χ3n) is 3.15. The van der Waals surface area contributed by atoms with Crippen molar-refractivity contribution in [3.05, 3.63) is 35.4 Å². The van der Waals surface area contributed by atoms with E-state index in [1.54, 1.807) is 20.8 Å². The maximum Gasteiger partial charge on any atom is 0.312 e. The van der Waals surface area contributed by atoms with Crippen LogP contribution in [0, 0.1) is 11.8 Å². The number of carbonyl (C=O) groups is 1. The number of benzene rings is 1. The molecule has 0 amide bonds. The quantitative estimate of drug-likeness (QED) is 0.814. The van der Waals surface area contributed by atoms with Gasteiger partial charge in [-0.05, 0) is 18.4 Å². The molecule has 112 valence electrons. The number of hydrogen-bond acceptors (Lipinski definition) is 3. The van der Waals surface area contributed by atoms with Crippen LogP contribution >= 0.6 is 0 Å². The molecule has 1 aromatic rings. The molecular formula is C15H20F2O3. The number of carbonyl (C=O) groups excluding carboxylic acids is 1. The summed E-state index contributed by atoms with van der Waals surface area (Å²) in [7, 11) is 0. The van der Waals surface area contributed by atoms with Crippen LogP contribution in [0.4, 0.5) is 8.78 Å². The van der Waals surface area contributed by atoms with Crippen LogP contribution in [0.1, 0.15) is 44.4 Å². The van der Waals surface area contributed by atoms with E-state index in [1.807, 2.05) is 0 Å². The first-order valence-corrected chi connectivity index (χ1v) is 6.61. The van der Waals surface area contributed by atoms with Crippen LogP contribution in [0.3, 0.4) is 0 Å². The van der Waals surface area contributed by atoms with Gasteiger partial charge in [0.15, 0.2) is 0 Å². The highest BCUT2D eigenvalue weighted by molar-refractivity contribution is 5.73. The van der Waals surface area contributed by atoms with Crippen molar-refractivity contribution in [1.29, 1.82) is 0 Å². The number of aliphatic hydroxyl groups is 1. The minimum Gasteiger partial charge on any atom is -0.466 e. The minimum atomic E-state index is -2.55. The van der Waals surface area contributed by atoms with E-state index >= 15 is 0 Å². The zero-order valence-corrected chi connectivity index (χ0v) is 11.8. The van der Waals surface area contributed by atoms with Crippen molar-refractivity contribution in [2.24, 2.45) is 11.8 Å². The van der Waals surface area contributed by atoms with Crippen LogP contribution in [-0.2, 0) is 9.53 Å². The Hall–Kier alpha value is -1.49. The summed E-state index contributed by atoms with van der Waals surface area (Å²) in [6.45, 7) is 5.54. The summed E-state index contributed by atoms with van der Waals surface area (Å²) < 4.78 is 29.9. The number of rotatable bonds is 6. The molecule has 0 radical (unpaired) electrons. The average Bonchev–Trinajstić information content (AvgIpc) is 2.38. The van der Waals surface area contributed by atoms with Crippen molar-refractivity contribution in [1.82, 2.24) is 0 Å². The number of halogens is 2. The minimum absolute atomic E-state index is 0.113. The molecule has 1 N–H and O–H groups in total. The molecule has 0 spiro atoms. The van der Waals surface area contributed by atoms with Gasteiger partial charge in [0, 0.05) is 5.56 Å². The van der Waals surface area contributed by atoms with Crippen molar-refractivity contribution in [3.63, 3.8) is 0 Å². The molecule has 5 heteroatoms. The second-order valence-electron chi connectivity index (χ2n) is 4.93. The molecular weight excluding hydrogens is 266 g/mol. The van der Waals surface area contributed by atoms with Gasteiger partial charge >= 0.3 is 5.97 Å². The van der Waals surface area contributed by atoms with Crippen LogP contribution in [0.5, 0.6) is 0 Å². The number of alkyl halides is 2. The normalized spacial score (nSPS) is 14.4. The second kappa shape index (κ2) is 7.33. The zero-order valence-electron chi connectivity index (χ0n) is 11.8. The van der Waals surface area contributed by atoms with Gasteiger partial charge in [-0.2, -0.15) is 0 Å². The fourth-order valence-electron chi connectivity index (χ4n) is 2.05. The predicted molar refractivity (Wildman–Crippen MR) is 71.3 cm³/mol. The Labute approximate surface area is 117 Å². The van der Waals surface area contributed by atoms with Gasteiger partial charge in [-0.3, -0.25) is 4.79 Å². The Morgan fingerprint density at radius 2 is 1.70 bits per heavy atom. The summed E-state index contributed by atoms with van der Waals surface area (Å²) in [4.78, 5) is 11.9. The molecule has 2 unspecified atom stereocenters. The molecule has 0 saturated carbocycles. The molecule has 0 saturated heterocycles. The molecule has 1 rings (SSSR count). The lowest BCUT2D eigenvalue weighted by Crippen LogP contribution is -2.29. The standard InChI is InChI=1S/C15H20F2O3/c1-4-20-15(19)12(9(2)3)13(18)10-5-7-11(8-6-10)14(16)17/h5-9,12-14,18H,4H2,1-3H3. The first kappa shape index (κ1) is 16.6. The van der Waals surface area contributed by atoms with Crippen molar-refractivity contribution in [3.8, 4) is 0 Å². The number of hydrogen-bond donors (Lipinski definition) is 1. The fourth-order valence-corrected chi connectivity index (χ4v) is 2.05. The summed E-state index contributed by atoms with van der Waals surface area (Å²) in [6, 6.07) is 5.35. The summed E-state index contributed by atoms with van der Waals surface area (Å²) >= 11 is 0. The van der Waals surface area contributed by atoms with Crippen LogP contribution < -0.4 is 0 Å². The third-order valence-corrected chi connectivity index (χ3v) is 3.15. The smallest absolute Gasteiger partial charge is 0.312 e. The highest BCUT2D eigenvalue weighted by Crippen LogP contribution is 2.30. The fraction of sp³-hybridized carbons (Fsp3) is 0.533. The molecule has 0 bridgehead atoms. The Morgan fingerprint density at radius 3 is 2.10 bits per heavy atom. The van der Waals surface area contributed by atoms with Crippen molar-refractivity contribution < 1.29 is 23.4 Å². The predicted octanol–water partition coefficient (Wildman–Crippen LogP) is 3.49. The second-order valence-corrected chi connectivity index (χ2v) is 4.93. The molecule has 0 aliphatic heterocycles. The lowest BCUT2D eigenvalue weighted by Gasteiger charge is -2.24. The third kappa shape index (κ3) is 4.00. The Balaban J connectivity index is 2.94. The van der Waals surface area contributed by atoms with Crippen molar-refractivity contribution in [2.45, 2.75) is 33.3 Å². The first-order chi connectivity index (χ1) is 9.38. The summed E-state index contributed by atoms with van der Waals surface area (Å²) in [5.74, 6) is -1.32. The highest BCUT2D eigenvalue weighted by atomic mass is 19.3. The van der Waals surface area contributed by atoms with Crippen molar-refractivity contribution >= 4 is 5.97 Å². The zero-order chi connectivity index (χ0) is 15.3. The molecule has 2 atom stereocenters. The van der Waals surface area contributed by atoms with E-state index in [9.17, 15) is 18.7 Å². The van der Waals surface area contributed by atoms with Crippen LogP contribution in [0.25, 0.3) is 0 Å². The maximum atomic E-state index is 12.5. The number of aliphatic hydroxyl groups excluding tert-OH is 1. The van der Waals surface area contributed by atoms with Gasteiger partial charge in [-0.15, -0.1) is 0 Å². The van der Waals surface area contributed by atoms with E-state index in [2.05, 4.69) is 0 Å². The van der Waals surface area contributed by atoms with E-state index in [0.717, 1.165) is 0 Å². The monoisotopic (exact) mass is 286 g/mol. The van der Waals surface area contributed by atoms with E-state index in [1.165, 1.54) is 24.3 Å². The van der Waals surface area contributed by atoms with E-state index in [-0.39, 0.29) is 18.1 Å². The molecule has 1 aromatic carbocycles. The summed E-state index contributed by atoms with van der Waals surface area (Å²) in [5, 5.41) is 10.3. The number of esters is 1. The van der Waals surface area contributed by atoms with Crippen molar-refractivity contribution in [2.75, 3.05) is 6.61 Å². The molecule has 0 fully saturated rings. The average molecular weight is 286 g/mol. The van der Waals surface area contributed by atoms with Gasteiger partial charge in [0.2, 0.25) is 0 Å². The lowest BCUT2D eigenvalue weighted by atomic mass is 9.86. The number of ether oxygens (including phenoxy) is 1. The molecule has 3 nitrogen and oxygen atoms in total. The largest absolute Gasteiger partial charge is 0.466 e. The molecule has 0 aliphatic rings. The van der Waals surface area contributed by atoms with Crippen LogP contribution in [-0.4, -0.2) is 17.7 Å². The Bertz CT molecular complexity index is 429. The maximum absolute atomic E-state index is 12.5. The first-order valence-electron chi connectivity index (χ1n) is 6.61. The highest BCUT2D eigenvalue weighted by Gasteiger charge is 2.32. The van der Waals surface area contributed by atoms with Gasteiger partial charge in [0.05, 0.1) is 18.6 Å². The van der Waals surface area contributed by atoms with E-state index in [4.69, 9.17) is 4.74 Å². The van der Waals surface area contributed by atoms with E-state index < -0.39 is 24.4 Å². The van der Waals surface area contributed by atoms with E-state index in [0.29, 0.717) is 5.56 Å². The Kier molecular flexibility index (Phi) is 6.07. The van der Waals surface area contributed by atoms with Gasteiger partial charge < -0.3 is 9.84 Å². The summed E-state index contributed by atoms with van der Waals surface area (Å²) in [6.07, 6.45) is -3.62. The molecule has 0 heterocycles. The van der Waals surface area contributed by atoms with Crippen LogP contribution in [0.2, 0.25) is 0 Å². The lowest BCUT2D eigenvalue weighted by molar-refractivity contribution is -0.154. The Morgan fingerprint density at radius 1 is 1.20 bits per heavy atom. The van der Waals surface area contributed by atoms with Gasteiger partial charge in [0.25, 0.3) is 6.43 Å². The molecule has 0 aromatic heterocycles. The summed E-state index contributed by atoms with van der Waals surface area (Å²) in [5.41, 5.74) is 0.319. The molecule has 20 heavy (non-hydrogen) atoms. The van der Waals surface area contributed by atoms with Gasteiger partial charge in [-0.25, -0.2) is 8.78 Å². The topological polar surface area (TPSA) is 46.5 Å². The van der Waals surface area contributed by atoms with Gasteiger partial charge in [0.1, 0.15) is 0 Å². The van der Waals surface area contributed by atoms with Gasteiger partial charge in [-0.1, -0.05) is 38.1 Å². The SMILES string of the molecule is CCOC(=O)C(C(C)C)C(O)c1ccc(C(F)F)cc1. The molecule has 0 aliphatic carbocycles.